The van der Waals surface area contributed by atoms with E-state index in [9.17, 15) is 13.2 Å². The number of anilines is 2. The normalized spacial score (nSPS) is 13.4. The number of sulfonamides is 1. The number of para-hydroxylation sites is 1. The number of carbonyl (C=O) groups excluding carboxylic acids is 1. The van der Waals surface area contributed by atoms with Gasteiger partial charge in [-0.2, -0.15) is 0 Å². The molecule has 1 heterocycles. The van der Waals surface area contributed by atoms with Gasteiger partial charge in [-0.25, -0.2) is 8.42 Å². The molecule has 8 heteroatoms. The van der Waals surface area contributed by atoms with Crippen molar-refractivity contribution >= 4 is 33.4 Å². The van der Waals surface area contributed by atoms with Crippen LogP contribution in [0.1, 0.15) is 17.5 Å². The van der Waals surface area contributed by atoms with E-state index in [1.807, 2.05) is 30.3 Å². The lowest BCUT2D eigenvalue weighted by Crippen LogP contribution is -2.35. The zero-order valence-electron chi connectivity index (χ0n) is 19.0. The van der Waals surface area contributed by atoms with Gasteiger partial charge in [0, 0.05) is 18.3 Å². The molecule has 0 saturated heterocycles. The minimum absolute atomic E-state index is 0.183. The van der Waals surface area contributed by atoms with Crippen molar-refractivity contribution in [3.05, 3.63) is 83.9 Å². The van der Waals surface area contributed by atoms with Crippen LogP contribution in [-0.4, -0.2) is 35.1 Å². The Morgan fingerprint density at radius 2 is 1.71 bits per heavy atom. The highest BCUT2D eigenvalue weighted by Crippen LogP contribution is 2.32. The van der Waals surface area contributed by atoms with Gasteiger partial charge in [-0.15, -0.1) is 0 Å². The maximum absolute atomic E-state index is 13.2. The molecular formula is C26H26N2O5S. The van der Waals surface area contributed by atoms with Crippen LogP contribution in [0.5, 0.6) is 11.5 Å². The Kier molecular flexibility index (Phi) is 6.88. The molecule has 3 aromatic rings. The maximum Gasteiger partial charge on any atom is 0.264 e. The molecule has 176 valence electrons. The van der Waals surface area contributed by atoms with Crippen molar-refractivity contribution in [2.75, 3.05) is 30.4 Å². The number of nitrogens with zero attached hydrogens (tertiary/aromatic N) is 1. The van der Waals surface area contributed by atoms with Crippen LogP contribution in [0.15, 0.2) is 77.7 Å². The molecule has 0 unspecified atom stereocenters. The van der Waals surface area contributed by atoms with Crippen molar-refractivity contribution in [2.45, 2.75) is 17.7 Å². The van der Waals surface area contributed by atoms with Gasteiger partial charge in [-0.1, -0.05) is 24.3 Å². The third kappa shape index (κ3) is 4.92. The zero-order valence-corrected chi connectivity index (χ0v) is 19.8. The third-order valence-corrected chi connectivity index (χ3v) is 7.44. The Morgan fingerprint density at radius 3 is 2.44 bits per heavy atom. The first kappa shape index (κ1) is 23.4. The second-order valence-corrected chi connectivity index (χ2v) is 9.63. The molecule has 1 N–H and O–H groups in total. The van der Waals surface area contributed by atoms with Gasteiger partial charge in [0.25, 0.3) is 10.0 Å². The standard InChI is InChI=1S/C26H26N2O5S/c1-32-24-15-9-19(18-25(24)33-2)10-16-26(29)27-21-11-13-22(14-12-21)34(30,31)28-17-5-7-20-6-3-4-8-23(20)28/h3-4,6,8-16,18H,5,7,17H2,1-2H3,(H,27,29)/b16-10+. The largest absolute Gasteiger partial charge is 0.493 e. The Hall–Kier alpha value is -3.78. The predicted molar refractivity (Wildman–Crippen MR) is 133 cm³/mol. The first-order valence-corrected chi connectivity index (χ1v) is 12.3. The van der Waals surface area contributed by atoms with E-state index in [-0.39, 0.29) is 10.8 Å². The van der Waals surface area contributed by atoms with Crippen LogP contribution in [-0.2, 0) is 21.2 Å². The first-order chi connectivity index (χ1) is 16.4. The highest BCUT2D eigenvalue weighted by atomic mass is 32.2. The summed E-state index contributed by atoms with van der Waals surface area (Å²) in [4.78, 5) is 12.5. The number of rotatable bonds is 7. The number of amides is 1. The first-order valence-electron chi connectivity index (χ1n) is 10.8. The van der Waals surface area contributed by atoms with E-state index >= 15 is 0 Å². The fraction of sp³-hybridized carbons (Fsp3) is 0.192. The lowest BCUT2D eigenvalue weighted by molar-refractivity contribution is -0.111. The molecule has 7 nitrogen and oxygen atoms in total. The average Bonchev–Trinajstić information content (AvgIpc) is 2.87. The average molecular weight is 479 g/mol. The van der Waals surface area contributed by atoms with Crippen LogP contribution in [0.3, 0.4) is 0 Å². The lowest BCUT2D eigenvalue weighted by Gasteiger charge is -2.30. The smallest absolute Gasteiger partial charge is 0.264 e. The van der Waals surface area contributed by atoms with Crippen LogP contribution < -0.4 is 19.1 Å². The number of nitrogens with one attached hydrogen (secondary N) is 1. The third-order valence-electron chi connectivity index (χ3n) is 5.61. The monoisotopic (exact) mass is 478 g/mol. The van der Waals surface area contributed by atoms with E-state index in [1.54, 1.807) is 44.6 Å². The number of benzene rings is 3. The van der Waals surface area contributed by atoms with Gasteiger partial charge in [0.15, 0.2) is 11.5 Å². The number of aryl methyl sites for hydroxylation is 1. The number of hydrogen-bond acceptors (Lipinski definition) is 5. The van der Waals surface area contributed by atoms with Gasteiger partial charge in [0.05, 0.1) is 24.8 Å². The Morgan fingerprint density at radius 1 is 0.971 bits per heavy atom. The minimum atomic E-state index is -3.69. The number of carbonyl (C=O) groups is 1. The van der Waals surface area contributed by atoms with Crippen molar-refractivity contribution in [2.24, 2.45) is 0 Å². The molecule has 0 aromatic heterocycles. The SMILES string of the molecule is COc1ccc(/C=C/C(=O)Nc2ccc(S(=O)(=O)N3CCCc4ccccc43)cc2)cc1OC. The van der Waals surface area contributed by atoms with Crippen LogP contribution in [0.2, 0.25) is 0 Å². The summed E-state index contributed by atoms with van der Waals surface area (Å²) in [6, 6.07) is 19.1. The maximum atomic E-state index is 13.2. The molecule has 0 bridgehead atoms. The molecule has 34 heavy (non-hydrogen) atoms. The van der Waals surface area contributed by atoms with E-state index in [1.165, 1.54) is 22.5 Å². The van der Waals surface area contributed by atoms with Gasteiger partial charge < -0.3 is 14.8 Å². The molecule has 1 amide bonds. The van der Waals surface area contributed by atoms with Crippen molar-refractivity contribution in [1.29, 1.82) is 0 Å². The number of fused-ring (bicyclic) bond motifs is 1. The van der Waals surface area contributed by atoms with Crippen molar-refractivity contribution in [3.63, 3.8) is 0 Å². The summed E-state index contributed by atoms with van der Waals surface area (Å²) in [5.74, 6) is 0.834. The number of methoxy groups -OCH3 is 2. The molecule has 1 aliphatic rings. The van der Waals surface area contributed by atoms with Crippen molar-refractivity contribution in [3.8, 4) is 11.5 Å². The summed E-state index contributed by atoms with van der Waals surface area (Å²) in [6.07, 6.45) is 4.70. The zero-order chi connectivity index (χ0) is 24.1. The predicted octanol–water partition coefficient (Wildman–Crippen LogP) is 4.50. The van der Waals surface area contributed by atoms with E-state index in [4.69, 9.17) is 9.47 Å². The highest BCUT2D eigenvalue weighted by molar-refractivity contribution is 7.92. The van der Waals surface area contributed by atoms with E-state index < -0.39 is 10.0 Å². The number of ether oxygens (including phenoxy) is 2. The summed E-state index contributed by atoms with van der Waals surface area (Å²) < 4.78 is 38.4. The van der Waals surface area contributed by atoms with Crippen LogP contribution >= 0.6 is 0 Å². The van der Waals surface area contributed by atoms with Crippen molar-refractivity contribution < 1.29 is 22.7 Å². The van der Waals surface area contributed by atoms with Gasteiger partial charge in [0.2, 0.25) is 5.91 Å². The molecule has 0 spiro atoms. The van der Waals surface area contributed by atoms with E-state index in [0.29, 0.717) is 23.7 Å². The summed E-state index contributed by atoms with van der Waals surface area (Å²) >= 11 is 0. The number of hydrogen-bond donors (Lipinski definition) is 1. The molecule has 0 aliphatic carbocycles. The molecule has 0 atom stereocenters. The highest BCUT2D eigenvalue weighted by Gasteiger charge is 2.28. The van der Waals surface area contributed by atoms with E-state index in [2.05, 4.69) is 5.32 Å². The Bertz CT molecular complexity index is 1320. The Labute approximate surface area is 199 Å². The summed E-state index contributed by atoms with van der Waals surface area (Å²) in [5.41, 5.74) is 3.03. The second-order valence-electron chi connectivity index (χ2n) is 7.77. The minimum Gasteiger partial charge on any atom is -0.493 e. The van der Waals surface area contributed by atoms with Gasteiger partial charge in [0.1, 0.15) is 0 Å². The molecule has 0 saturated carbocycles. The molecular weight excluding hydrogens is 452 g/mol. The van der Waals surface area contributed by atoms with Crippen LogP contribution in [0.25, 0.3) is 6.08 Å². The van der Waals surface area contributed by atoms with Crippen LogP contribution in [0.4, 0.5) is 11.4 Å². The molecule has 4 rings (SSSR count). The topological polar surface area (TPSA) is 84.9 Å². The molecule has 1 aliphatic heterocycles. The van der Waals surface area contributed by atoms with Crippen LogP contribution in [0, 0.1) is 0 Å². The summed E-state index contributed by atoms with van der Waals surface area (Å²) in [7, 11) is -0.589. The summed E-state index contributed by atoms with van der Waals surface area (Å²) in [6.45, 7) is 0.443. The van der Waals surface area contributed by atoms with Gasteiger partial charge in [-0.05, 0) is 72.5 Å². The quantitative estimate of drug-likeness (QED) is 0.506. The summed E-state index contributed by atoms with van der Waals surface area (Å²) in [5, 5.41) is 2.75. The fourth-order valence-corrected chi connectivity index (χ4v) is 5.44. The molecule has 0 fully saturated rings. The Balaban J connectivity index is 1.45. The molecule has 3 aromatic carbocycles. The van der Waals surface area contributed by atoms with Gasteiger partial charge in [-0.3, -0.25) is 9.10 Å². The fourth-order valence-electron chi connectivity index (χ4n) is 3.90. The van der Waals surface area contributed by atoms with Crippen molar-refractivity contribution in [1.82, 2.24) is 0 Å². The van der Waals surface area contributed by atoms with E-state index in [0.717, 1.165) is 29.7 Å². The second kappa shape index (κ2) is 10.0. The molecule has 0 radical (unpaired) electrons. The van der Waals surface area contributed by atoms with Gasteiger partial charge >= 0.3 is 0 Å². The lowest BCUT2D eigenvalue weighted by atomic mass is 10.0.